The van der Waals surface area contributed by atoms with Gasteiger partial charge in [-0.15, -0.1) is 0 Å². The number of hydrogen-bond donors (Lipinski definition) is 2. The molecule has 4 nitrogen and oxygen atoms in total. The highest BCUT2D eigenvalue weighted by atomic mass is 16.5. The Morgan fingerprint density at radius 3 is 2.76 bits per heavy atom. The lowest BCUT2D eigenvalue weighted by molar-refractivity contribution is 0.410. The van der Waals surface area contributed by atoms with Gasteiger partial charge in [-0.3, -0.25) is 5.10 Å². The molecule has 0 unspecified atom stereocenters. The van der Waals surface area contributed by atoms with E-state index in [1.807, 2.05) is 12.1 Å². The van der Waals surface area contributed by atoms with Crippen LogP contribution in [-0.4, -0.2) is 17.3 Å². The predicted octanol–water partition coefficient (Wildman–Crippen LogP) is 2.15. The van der Waals surface area contributed by atoms with Crippen molar-refractivity contribution in [1.29, 1.82) is 0 Å². The van der Waals surface area contributed by atoms with Crippen molar-refractivity contribution in [1.82, 2.24) is 10.2 Å². The molecule has 2 aromatic rings. The molecule has 0 aliphatic carbocycles. The van der Waals surface area contributed by atoms with Gasteiger partial charge in [0, 0.05) is 18.2 Å². The number of rotatable bonds is 4. The Morgan fingerprint density at radius 2 is 2.18 bits per heavy atom. The molecule has 0 saturated heterocycles. The zero-order valence-electron chi connectivity index (χ0n) is 10.2. The smallest absolute Gasteiger partial charge is 0.145 e. The first kappa shape index (κ1) is 11.5. The molecule has 0 atom stereocenters. The third-order valence-corrected chi connectivity index (χ3v) is 2.77. The van der Waals surface area contributed by atoms with Crippen molar-refractivity contribution in [2.24, 2.45) is 0 Å². The third-order valence-electron chi connectivity index (χ3n) is 2.77. The molecule has 0 aliphatic heterocycles. The van der Waals surface area contributed by atoms with Crippen LogP contribution in [0.15, 0.2) is 24.3 Å². The van der Waals surface area contributed by atoms with Crippen LogP contribution < -0.4 is 10.5 Å². The molecule has 1 aromatic heterocycles. The van der Waals surface area contributed by atoms with Crippen molar-refractivity contribution in [2.75, 3.05) is 12.8 Å². The number of nitrogens with two attached hydrogens (primary N) is 1. The van der Waals surface area contributed by atoms with E-state index in [4.69, 9.17) is 10.5 Å². The maximum atomic E-state index is 5.57. The average molecular weight is 231 g/mol. The number of aromatic amines is 1. The molecule has 90 valence electrons. The fourth-order valence-electron chi connectivity index (χ4n) is 1.91. The van der Waals surface area contributed by atoms with Crippen molar-refractivity contribution in [3.63, 3.8) is 0 Å². The van der Waals surface area contributed by atoms with Gasteiger partial charge in [-0.1, -0.05) is 19.1 Å². The van der Waals surface area contributed by atoms with E-state index in [9.17, 15) is 0 Å². The Hall–Kier alpha value is -1.97. The second-order valence-electron chi connectivity index (χ2n) is 3.99. The maximum Gasteiger partial charge on any atom is 0.145 e. The van der Waals surface area contributed by atoms with Crippen LogP contribution in [-0.2, 0) is 12.8 Å². The Kier molecular flexibility index (Phi) is 3.32. The van der Waals surface area contributed by atoms with Crippen LogP contribution in [0.25, 0.3) is 0 Å². The minimum atomic E-state index is 0.532. The molecule has 17 heavy (non-hydrogen) atoms. The average Bonchev–Trinajstić information content (AvgIpc) is 2.74. The first-order valence-corrected chi connectivity index (χ1v) is 5.68. The minimum absolute atomic E-state index is 0.532. The second-order valence-corrected chi connectivity index (χ2v) is 3.99. The first-order valence-electron chi connectivity index (χ1n) is 5.68. The van der Waals surface area contributed by atoms with Crippen LogP contribution in [0, 0.1) is 0 Å². The largest absolute Gasteiger partial charge is 0.496 e. The summed E-state index contributed by atoms with van der Waals surface area (Å²) in [5.74, 6) is 1.48. The zero-order valence-corrected chi connectivity index (χ0v) is 10.2. The summed E-state index contributed by atoms with van der Waals surface area (Å²) in [6.07, 6.45) is 1.77. The van der Waals surface area contributed by atoms with E-state index < -0.39 is 0 Å². The summed E-state index contributed by atoms with van der Waals surface area (Å²) in [5.41, 5.74) is 9.04. The number of nitrogen functional groups attached to an aromatic ring is 1. The molecule has 1 heterocycles. The van der Waals surface area contributed by atoms with E-state index in [-0.39, 0.29) is 0 Å². The van der Waals surface area contributed by atoms with E-state index in [0.29, 0.717) is 5.82 Å². The summed E-state index contributed by atoms with van der Waals surface area (Å²) >= 11 is 0. The van der Waals surface area contributed by atoms with E-state index >= 15 is 0 Å². The lowest BCUT2D eigenvalue weighted by Gasteiger charge is -2.08. The monoisotopic (exact) mass is 231 g/mol. The van der Waals surface area contributed by atoms with Crippen LogP contribution in [0.5, 0.6) is 5.75 Å². The van der Waals surface area contributed by atoms with Crippen LogP contribution in [0.2, 0.25) is 0 Å². The van der Waals surface area contributed by atoms with Crippen LogP contribution in [0.3, 0.4) is 0 Å². The number of ether oxygens (including phenoxy) is 1. The van der Waals surface area contributed by atoms with Gasteiger partial charge in [0.15, 0.2) is 0 Å². The lowest BCUT2D eigenvalue weighted by Crippen LogP contribution is -1.94. The maximum absolute atomic E-state index is 5.57. The van der Waals surface area contributed by atoms with Gasteiger partial charge in [-0.25, -0.2) is 0 Å². The molecule has 0 amide bonds. The number of H-pyrrole nitrogens is 1. The highest BCUT2D eigenvalue weighted by molar-refractivity contribution is 5.39. The molecule has 0 bridgehead atoms. The Bertz CT molecular complexity index is 505. The van der Waals surface area contributed by atoms with Crippen molar-refractivity contribution in [3.8, 4) is 5.75 Å². The van der Waals surface area contributed by atoms with Gasteiger partial charge in [0.2, 0.25) is 0 Å². The summed E-state index contributed by atoms with van der Waals surface area (Å²) < 4.78 is 5.31. The molecule has 2 rings (SSSR count). The number of hydrogen-bond acceptors (Lipinski definition) is 3. The van der Waals surface area contributed by atoms with Gasteiger partial charge in [-0.05, 0) is 23.6 Å². The SMILES string of the molecule is CCc1cc(Cc2cc(N)n[nH]2)ccc1OC. The molecule has 0 spiro atoms. The fraction of sp³-hybridized carbons (Fsp3) is 0.308. The normalized spacial score (nSPS) is 10.5. The van der Waals surface area contributed by atoms with Gasteiger partial charge in [-0.2, -0.15) is 5.10 Å². The lowest BCUT2D eigenvalue weighted by atomic mass is 10.0. The number of methoxy groups -OCH3 is 1. The van der Waals surface area contributed by atoms with Gasteiger partial charge in [0.1, 0.15) is 11.6 Å². The van der Waals surface area contributed by atoms with Crippen LogP contribution >= 0.6 is 0 Å². The summed E-state index contributed by atoms with van der Waals surface area (Å²) in [5, 5.41) is 6.83. The molecule has 3 N–H and O–H groups in total. The number of benzene rings is 1. The Morgan fingerprint density at radius 1 is 1.35 bits per heavy atom. The summed E-state index contributed by atoms with van der Waals surface area (Å²) in [6.45, 7) is 2.12. The molecular formula is C13H17N3O. The number of aryl methyl sites for hydroxylation is 1. The molecule has 1 aromatic carbocycles. The molecular weight excluding hydrogens is 214 g/mol. The van der Waals surface area contributed by atoms with Gasteiger partial charge < -0.3 is 10.5 Å². The summed E-state index contributed by atoms with van der Waals surface area (Å²) in [4.78, 5) is 0. The Labute approximate surface area is 101 Å². The van der Waals surface area contributed by atoms with E-state index in [2.05, 4.69) is 29.3 Å². The first-order chi connectivity index (χ1) is 8.22. The highest BCUT2D eigenvalue weighted by Gasteiger charge is 2.04. The Balaban J connectivity index is 2.22. The quantitative estimate of drug-likeness (QED) is 0.847. The molecule has 4 heteroatoms. The van der Waals surface area contributed by atoms with Crippen molar-refractivity contribution >= 4 is 5.82 Å². The van der Waals surface area contributed by atoms with Gasteiger partial charge in [0.25, 0.3) is 0 Å². The number of anilines is 1. The predicted molar refractivity (Wildman–Crippen MR) is 68.2 cm³/mol. The number of aromatic nitrogens is 2. The summed E-state index contributed by atoms with van der Waals surface area (Å²) in [7, 11) is 1.70. The second kappa shape index (κ2) is 4.91. The van der Waals surface area contributed by atoms with Gasteiger partial charge in [0.05, 0.1) is 7.11 Å². The van der Waals surface area contributed by atoms with Crippen LogP contribution in [0.4, 0.5) is 5.82 Å². The molecule has 0 aliphatic rings. The van der Waals surface area contributed by atoms with E-state index in [1.54, 1.807) is 7.11 Å². The van der Waals surface area contributed by atoms with Crippen molar-refractivity contribution in [2.45, 2.75) is 19.8 Å². The van der Waals surface area contributed by atoms with Crippen molar-refractivity contribution in [3.05, 3.63) is 41.1 Å². The zero-order chi connectivity index (χ0) is 12.3. The highest BCUT2D eigenvalue weighted by Crippen LogP contribution is 2.21. The minimum Gasteiger partial charge on any atom is -0.496 e. The molecule has 0 saturated carbocycles. The van der Waals surface area contributed by atoms with Gasteiger partial charge >= 0.3 is 0 Å². The van der Waals surface area contributed by atoms with Crippen molar-refractivity contribution < 1.29 is 4.74 Å². The summed E-state index contributed by atoms with van der Waals surface area (Å²) in [6, 6.07) is 8.09. The van der Waals surface area contributed by atoms with Crippen LogP contribution in [0.1, 0.15) is 23.7 Å². The van der Waals surface area contributed by atoms with E-state index in [1.165, 1.54) is 11.1 Å². The number of nitrogens with one attached hydrogen (secondary N) is 1. The number of nitrogens with zero attached hydrogens (tertiary/aromatic N) is 1. The molecule has 0 fully saturated rings. The third kappa shape index (κ3) is 2.58. The fourth-order valence-corrected chi connectivity index (χ4v) is 1.91. The molecule has 0 radical (unpaired) electrons. The standard InChI is InChI=1S/C13H17N3O/c1-3-10-6-9(4-5-12(10)17-2)7-11-8-13(14)16-15-11/h4-6,8H,3,7H2,1-2H3,(H3,14,15,16). The topological polar surface area (TPSA) is 63.9 Å². The van der Waals surface area contributed by atoms with E-state index in [0.717, 1.165) is 24.3 Å².